The molecule has 0 N–H and O–H groups in total. The molecule has 0 spiro atoms. The zero-order valence-electron chi connectivity index (χ0n) is 9.26. The average molecular weight is 354 g/mol. The number of benzene rings is 1. The van der Waals surface area contributed by atoms with E-state index in [0.29, 0.717) is 0 Å². The van der Waals surface area contributed by atoms with E-state index in [1.54, 1.807) is 7.11 Å². The van der Waals surface area contributed by atoms with Crippen molar-refractivity contribution in [1.29, 1.82) is 0 Å². The average Bonchev–Trinajstić information content (AvgIpc) is 2.28. The first-order chi connectivity index (χ1) is 7.03. The number of ether oxygens (including phenoxy) is 1. The fourth-order valence-electron chi connectivity index (χ4n) is 1.56. The molecule has 84 valence electrons. The molecule has 15 heavy (non-hydrogen) atoms. The molecule has 4 heteroatoms. The van der Waals surface area contributed by atoms with E-state index in [9.17, 15) is 0 Å². The van der Waals surface area contributed by atoms with Gasteiger partial charge >= 0.3 is 104 Å². The van der Waals surface area contributed by atoms with Crippen molar-refractivity contribution >= 4 is 34.0 Å². The number of rotatable bonds is 4. The van der Waals surface area contributed by atoms with Gasteiger partial charge in [-0.3, -0.25) is 0 Å². The van der Waals surface area contributed by atoms with Crippen LogP contribution in [-0.4, -0.2) is 23.2 Å². The van der Waals surface area contributed by atoms with E-state index in [1.165, 1.54) is 0 Å². The molecule has 1 aromatic rings. The Hall–Kier alpha value is 0.399. The van der Waals surface area contributed by atoms with Crippen LogP contribution >= 0.6 is 17.8 Å². The van der Waals surface area contributed by atoms with Crippen molar-refractivity contribution < 1.29 is 4.74 Å². The molecule has 0 saturated heterocycles. The van der Waals surface area contributed by atoms with Gasteiger partial charge in [-0.25, -0.2) is 0 Å². The Kier molecular flexibility index (Phi) is 5.07. The van der Waals surface area contributed by atoms with Gasteiger partial charge in [0.1, 0.15) is 0 Å². The van der Waals surface area contributed by atoms with E-state index in [0.717, 1.165) is 15.7 Å². The summed E-state index contributed by atoms with van der Waals surface area (Å²) in [4.78, 5) is 0. The summed E-state index contributed by atoms with van der Waals surface area (Å²) in [7, 11) is 14.6. The first-order valence-electron chi connectivity index (χ1n) is 5.03. The Labute approximate surface area is 103 Å². The van der Waals surface area contributed by atoms with Crippen LogP contribution in [0.1, 0.15) is 23.3 Å². The molecule has 0 heterocycles. The van der Waals surface area contributed by atoms with Gasteiger partial charge < -0.3 is 0 Å². The summed E-state index contributed by atoms with van der Waals surface area (Å²) >= 11 is -2.95. The summed E-state index contributed by atoms with van der Waals surface area (Å²) in [5.74, 6) is 0.890. The molecule has 1 nitrogen and oxygen atoms in total. The summed E-state index contributed by atoms with van der Waals surface area (Å²) < 4.78 is 6.49. The number of hydrogen-bond donors (Lipinski definition) is 0. The van der Waals surface area contributed by atoms with Crippen LogP contribution in [0.5, 0.6) is 5.75 Å². The zero-order valence-corrected chi connectivity index (χ0v) is 13.6. The third-order valence-electron chi connectivity index (χ3n) is 2.71. The fourth-order valence-corrected chi connectivity index (χ4v) is 6.86. The molecule has 0 fully saturated rings. The van der Waals surface area contributed by atoms with Gasteiger partial charge in [0.15, 0.2) is 0 Å². The van der Waals surface area contributed by atoms with Crippen molar-refractivity contribution in [2.24, 2.45) is 0 Å². The quantitative estimate of drug-likeness (QED) is 0.734. The van der Waals surface area contributed by atoms with Crippen LogP contribution in [-0.2, 0) is 0 Å². The van der Waals surface area contributed by atoms with E-state index in [-0.39, 0.29) is 3.93 Å². The normalized spacial score (nSPS) is 13.7. The van der Waals surface area contributed by atoms with Crippen molar-refractivity contribution in [3.8, 4) is 5.75 Å². The predicted molar refractivity (Wildman–Crippen MR) is 69.4 cm³/mol. The Balaban J connectivity index is 3.05. The molecule has 1 unspecified atom stereocenters. The summed E-state index contributed by atoms with van der Waals surface area (Å²) in [6, 6.07) is 7.97. The van der Waals surface area contributed by atoms with E-state index >= 15 is 0 Å². The Morgan fingerprint density at radius 3 is 2.47 bits per heavy atom. The van der Waals surface area contributed by atoms with E-state index in [2.05, 4.69) is 19.9 Å². The Bertz CT molecular complexity index is 328. The second-order valence-corrected chi connectivity index (χ2v) is 22.8. The summed E-state index contributed by atoms with van der Waals surface area (Å²) in [6.07, 6.45) is 0. The first kappa shape index (κ1) is 13.5. The van der Waals surface area contributed by atoms with Crippen LogP contribution in [0.3, 0.4) is 0 Å². The van der Waals surface area contributed by atoms with Gasteiger partial charge in [-0.15, -0.1) is 0 Å². The van der Waals surface area contributed by atoms with Gasteiger partial charge in [0, 0.05) is 0 Å². The second kappa shape index (κ2) is 5.65. The number of methoxy groups -OCH3 is 1. The number of hydrogen-bond acceptors (Lipinski definition) is 1. The molecule has 1 rings (SSSR count). The maximum absolute atomic E-state index is 6.45. The molecule has 0 amide bonds. The molecule has 0 aliphatic carbocycles. The zero-order chi connectivity index (χ0) is 11.5. The minimum atomic E-state index is -2.95. The molecule has 0 aromatic heterocycles. The second-order valence-electron chi connectivity index (χ2n) is 3.58. The summed E-state index contributed by atoms with van der Waals surface area (Å²) in [5, 5.41) is 0. The van der Waals surface area contributed by atoms with Crippen LogP contribution in [0.25, 0.3) is 0 Å². The van der Waals surface area contributed by atoms with Gasteiger partial charge in [0.2, 0.25) is 0 Å². The number of halogens is 2. The molecule has 0 bridgehead atoms. The third kappa shape index (κ3) is 3.18. The molecule has 1 atom stereocenters. The van der Waals surface area contributed by atoms with Gasteiger partial charge in [-0.05, 0) is 0 Å². The van der Waals surface area contributed by atoms with Crippen LogP contribution in [0, 0.1) is 0 Å². The number of para-hydroxylation sites is 1. The molecular weight excluding hydrogens is 338 g/mol. The molecule has 0 aliphatic heterocycles. The van der Waals surface area contributed by atoms with Gasteiger partial charge in [-0.2, -0.15) is 0 Å². The van der Waals surface area contributed by atoms with Crippen molar-refractivity contribution in [2.45, 2.75) is 22.2 Å². The first-order valence-corrected chi connectivity index (χ1v) is 15.9. The van der Waals surface area contributed by atoms with Crippen molar-refractivity contribution in [1.82, 2.24) is 0 Å². The van der Waals surface area contributed by atoms with E-state index < -0.39 is 16.1 Å². The summed E-state index contributed by atoms with van der Waals surface area (Å²) in [5.41, 5.74) is 1.14. The van der Waals surface area contributed by atoms with Gasteiger partial charge in [0.05, 0.1) is 0 Å². The molecule has 0 saturated carbocycles. The minimum absolute atomic E-state index is 0.254. The van der Waals surface area contributed by atoms with Crippen LogP contribution in [0.2, 0.25) is 4.44 Å². The van der Waals surface area contributed by atoms with Crippen LogP contribution in [0.4, 0.5) is 0 Å². The van der Waals surface area contributed by atoms with Crippen molar-refractivity contribution in [3.63, 3.8) is 0 Å². The maximum atomic E-state index is 6.45. The Morgan fingerprint density at radius 1 is 1.33 bits per heavy atom. The van der Waals surface area contributed by atoms with Crippen LogP contribution < -0.4 is 4.74 Å². The summed E-state index contributed by atoms with van der Waals surface area (Å²) in [6.45, 7) is 4.18. The standard InChI is InChI=1S/C9H11O.C2H5.2ClH.Sn/c1-3-8-6-4-5-7-9(8)10-2;1-2;;;/h3-7H,1-2H3;1H2,2H3;2*1H;/q;;;;+2/p-2. The van der Waals surface area contributed by atoms with Crippen molar-refractivity contribution in [2.75, 3.05) is 7.11 Å². The van der Waals surface area contributed by atoms with Gasteiger partial charge in [-0.1, -0.05) is 0 Å². The molecule has 0 radical (unpaired) electrons. The molecular formula is C11H16Cl2OSn. The fraction of sp³-hybridized carbons (Fsp3) is 0.455. The predicted octanol–water partition coefficient (Wildman–Crippen LogP) is 4.28. The van der Waals surface area contributed by atoms with Gasteiger partial charge in [0.25, 0.3) is 0 Å². The topological polar surface area (TPSA) is 9.23 Å². The Morgan fingerprint density at radius 2 is 1.93 bits per heavy atom. The van der Waals surface area contributed by atoms with E-state index in [4.69, 9.17) is 22.6 Å². The SMILES string of the molecule is C[CH2][Sn]([Cl])([Cl])[CH](C)c1ccccc1OC. The monoisotopic (exact) mass is 354 g/mol. The van der Waals surface area contributed by atoms with Crippen LogP contribution in [0.15, 0.2) is 24.3 Å². The third-order valence-corrected chi connectivity index (χ3v) is 17.9. The molecule has 0 aliphatic rings. The molecule has 1 aromatic carbocycles. The van der Waals surface area contributed by atoms with E-state index in [1.807, 2.05) is 18.2 Å². The van der Waals surface area contributed by atoms with Crippen molar-refractivity contribution in [3.05, 3.63) is 29.8 Å².